The molecule has 24 heavy (non-hydrogen) atoms. The molecule has 1 amide bonds. The molecule has 0 aliphatic carbocycles. The summed E-state index contributed by atoms with van der Waals surface area (Å²) < 4.78 is 75.6. The first kappa shape index (κ1) is 17.9. The number of amides is 1. The van der Waals surface area contributed by atoms with Gasteiger partial charge in [-0.2, -0.15) is 0 Å². The van der Waals surface area contributed by atoms with Gasteiger partial charge in [0.2, 0.25) is 10.0 Å². The molecule has 0 bridgehead atoms. The summed E-state index contributed by atoms with van der Waals surface area (Å²) in [6, 6.07) is 2.78. The molecule has 0 aliphatic rings. The molecule has 0 saturated heterocycles. The smallest absolute Gasteiger partial charge is 0.255 e. The van der Waals surface area contributed by atoms with Crippen LogP contribution >= 0.6 is 0 Å². The average molecular weight is 362 g/mol. The minimum Gasteiger partial charge on any atom is -0.322 e. The maximum atomic E-state index is 13.8. The van der Waals surface area contributed by atoms with Gasteiger partial charge in [0.1, 0.15) is 10.7 Å². The van der Waals surface area contributed by atoms with Gasteiger partial charge in [-0.15, -0.1) is 0 Å². The summed E-state index contributed by atoms with van der Waals surface area (Å²) in [4.78, 5) is 11.2. The molecule has 0 radical (unpaired) electrons. The first-order valence-corrected chi connectivity index (χ1v) is 7.84. The molecule has 0 fully saturated rings. The van der Waals surface area contributed by atoms with E-state index < -0.39 is 49.8 Å². The van der Waals surface area contributed by atoms with Crippen molar-refractivity contribution in [2.24, 2.45) is 5.14 Å². The van der Waals surface area contributed by atoms with E-state index in [1.807, 2.05) is 5.32 Å². The SMILES string of the molecule is Cc1cc(C(=O)Nc2cc(F)c(F)c(F)c2)cc(S(N)(=O)=O)c1F. The molecule has 0 saturated carbocycles. The number of primary sulfonamides is 1. The zero-order valence-electron chi connectivity index (χ0n) is 12.0. The monoisotopic (exact) mass is 362 g/mol. The molecule has 0 spiro atoms. The van der Waals surface area contributed by atoms with Gasteiger partial charge in [0.05, 0.1) is 0 Å². The number of nitrogens with one attached hydrogen (secondary N) is 1. The summed E-state index contributed by atoms with van der Waals surface area (Å²) in [6.45, 7) is 1.21. The number of hydrogen-bond acceptors (Lipinski definition) is 3. The van der Waals surface area contributed by atoms with Crippen molar-refractivity contribution in [3.8, 4) is 0 Å². The lowest BCUT2D eigenvalue weighted by Gasteiger charge is -2.10. The normalized spacial score (nSPS) is 11.4. The van der Waals surface area contributed by atoms with Gasteiger partial charge < -0.3 is 5.32 Å². The molecule has 128 valence electrons. The van der Waals surface area contributed by atoms with Gasteiger partial charge in [0.15, 0.2) is 17.5 Å². The lowest BCUT2D eigenvalue weighted by Crippen LogP contribution is -2.18. The Morgan fingerprint density at radius 3 is 2.04 bits per heavy atom. The van der Waals surface area contributed by atoms with Crippen molar-refractivity contribution in [3.05, 3.63) is 58.7 Å². The van der Waals surface area contributed by atoms with Crippen LogP contribution in [0.2, 0.25) is 0 Å². The Bertz CT molecular complexity index is 922. The number of anilines is 1. The Balaban J connectivity index is 2.43. The third kappa shape index (κ3) is 3.54. The molecule has 2 aromatic carbocycles. The quantitative estimate of drug-likeness (QED) is 0.649. The molecule has 5 nitrogen and oxygen atoms in total. The van der Waals surface area contributed by atoms with E-state index in [0.717, 1.165) is 6.07 Å². The van der Waals surface area contributed by atoms with Gasteiger partial charge in [-0.05, 0) is 24.6 Å². The third-order valence-electron chi connectivity index (χ3n) is 3.03. The van der Waals surface area contributed by atoms with Crippen LogP contribution in [-0.2, 0) is 10.0 Å². The molecule has 2 aromatic rings. The van der Waals surface area contributed by atoms with Crippen molar-refractivity contribution >= 4 is 21.6 Å². The van der Waals surface area contributed by atoms with E-state index in [1.165, 1.54) is 6.92 Å². The molecule has 0 unspecified atom stereocenters. The van der Waals surface area contributed by atoms with Crippen molar-refractivity contribution in [3.63, 3.8) is 0 Å². The highest BCUT2D eigenvalue weighted by molar-refractivity contribution is 7.89. The number of aryl methyl sites for hydroxylation is 1. The second kappa shape index (κ2) is 6.21. The van der Waals surface area contributed by atoms with Gasteiger partial charge in [-0.3, -0.25) is 4.79 Å². The van der Waals surface area contributed by atoms with Crippen molar-refractivity contribution in [1.29, 1.82) is 0 Å². The van der Waals surface area contributed by atoms with Crippen LogP contribution in [0.5, 0.6) is 0 Å². The summed E-state index contributed by atoms with van der Waals surface area (Å²) in [5.41, 5.74) is -0.901. The first-order valence-electron chi connectivity index (χ1n) is 6.29. The van der Waals surface area contributed by atoms with E-state index in [-0.39, 0.29) is 11.1 Å². The predicted molar refractivity (Wildman–Crippen MR) is 76.8 cm³/mol. The number of halogens is 4. The van der Waals surface area contributed by atoms with E-state index in [0.29, 0.717) is 18.2 Å². The molecule has 2 rings (SSSR count). The number of carbonyl (C=O) groups excluding carboxylic acids is 1. The number of sulfonamides is 1. The Kier molecular flexibility index (Phi) is 4.63. The highest BCUT2D eigenvalue weighted by Crippen LogP contribution is 2.22. The van der Waals surface area contributed by atoms with E-state index in [4.69, 9.17) is 5.14 Å². The topological polar surface area (TPSA) is 89.3 Å². The standard InChI is InChI=1S/C14H10F4N2O3S/c1-6-2-7(3-11(12(6)17)24(19,22)23)14(21)20-8-4-9(15)13(18)10(16)5-8/h2-5H,1H3,(H,20,21)(H2,19,22,23). The van der Waals surface area contributed by atoms with Crippen molar-refractivity contribution in [2.45, 2.75) is 11.8 Å². The van der Waals surface area contributed by atoms with Crippen LogP contribution < -0.4 is 10.5 Å². The molecular weight excluding hydrogens is 352 g/mol. The number of hydrogen-bond donors (Lipinski definition) is 2. The van der Waals surface area contributed by atoms with Crippen LogP contribution in [0.15, 0.2) is 29.2 Å². The molecule has 0 aromatic heterocycles. The molecule has 0 heterocycles. The van der Waals surface area contributed by atoms with E-state index in [2.05, 4.69) is 0 Å². The van der Waals surface area contributed by atoms with E-state index in [9.17, 15) is 30.8 Å². The van der Waals surface area contributed by atoms with Gasteiger partial charge in [-0.25, -0.2) is 31.1 Å². The minimum atomic E-state index is -4.43. The number of nitrogens with two attached hydrogens (primary N) is 1. The number of carbonyl (C=O) groups is 1. The zero-order valence-corrected chi connectivity index (χ0v) is 12.8. The highest BCUT2D eigenvalue weighted by Gasteiger charge is 2.20. The number of benzene rings is 2. The summed E-state index contributed by atoms with van der Waals surface area (Å²) >= 11 is 0. The molecule has 0 aliphatic heterocycles. The van der Waals surface area contributed by atoms with E-state index in [1.54, 1.807) is 0 Å². The maximum absolute atomic E-state index is 13.8. The lowest BCUT2D eigenvalue weighted by molar-refractivity contribution is 0.102. The van der Waals surface area contributed by atoms with Crippen molar-refractivity contribution in [1.82, 2.24) is 0 Å². The van der Waals surface area contributed by atoms with Gasteiger partial charge >= 0.3 is 0 Å². The minimum absolute atomic E-state index is 0.178. The number of rotatable bonds is 3. The molecule has 10 heteroatoms. The van der Waals surface area contributed by atoms with Crippen molar-refractivity contribution in [2.75, 3.05) is 5.32 Å². The maximum Gasteiger partial charge on any atom is 0.255 e. The Morgan fingerprint density at radius 1 is 1.00 bits per heavy atom. The lowest BCUT2D eigenvalue weighted by atomic mass is 10.1. The van der Waals surface area contributed by atoms with Crippen LogP contribution in [0.4, 0.5) is 23.2 Å². The largest absolute Gasteiger partial charge is 0.322 e. The summed E-state index contributed by atoms with van der Waals surface area (Å²) in [6.07, 6.45) is 0. The molecular formula is C14H10F4N2O3S. The Labute approximate surface area is 134 Å². The second-order valence-electron chi connectivity index (χ2n) is 4.86. The molecule has 0 atom stereocenters. The fourth-order valence-electron chi connectivity index (χ4n) is 1.91. The Morgan fingerprint density at radius 2 is 1.54 bits per heavy atom. The fourth-order valence-corrected chi connectivity index (χ4v) is 2.61. The van der Waals surface area contributed by atoms with Crippen LogP contribution in [0.3, 0.4) is 0 Å². The van der Waals surface area contributed by atoms with Gasteiger partial charge in [0.25, 0.3) is 5.91 Å². The van der Waals surface area contributed by atoms with Gasteiger partial charge in [-0.1, -0.05) is 0 Å². The van der Waals surface area contributed by atoms with Crippen LogP contribution in [0.25, 0.3) is 0 Å². The van der Waals surface area contributed by atoms with Crippen LogP contribution in [-0.4, -0.2) is 14.3 Å². The summed E-state index contributed by atoms with van der Waals surface area (Å²) in [5.74, 6) is -6.86. The molecule has 3 N–H and O–H groups in total. The average Bonchev–Trinajstić information content (AvgIpc) is 2.46. The van der Waals surface area contributed by atoms with Gasteiger partial charge in [0, 0.05) is 23.4 Å². The van der Waals surface area contributed by atoms with Crippen LogP contribution in [0.1, 0.15) is 15.9 Å². The second-order valence-corrected chi connectivity index (χ2v) is 6.39. The third-order valence-corrected chi connectivity index (χ3v) is 3.94. The van der Waals surface area contributed by atoms with E-state index >= 15 is 0 Å². The highest BCUT2D eigenvalue weighted by atomic mass is 32.2. The summed E-state index contributed by atoms with van der Waals surface area (Å²) in [7, 11) is -4.43. The Hall–Kier alpha value is -2.46. The first-order chi connectivity index (χ1) is 11.0. The fraction of sp³-hybridized carbons (Fsp3) is 0.0714. The van der Waals surface area contributed by atoms with Crippen molar-refractivity contribution < 1.29 is 30.8 Å². The zero-order chi connectivity index (χ0) is 18.2. The predicted octanol–water partition coefficient (Wildman–Crippen LogP) is 2.45. The summed E-state index contributed by atoms with van der Waals surface area (Å²) in [5, 5.41) is 6.91. The van der Waals surface area contributed by atoms with Crippen LogP contribution in [0, 0.1) is 30.2 Å².